The smallest absolute Gasteiger partial charge is 0.00766 e. The maximum absolute atomic E-state index is 6.37. The van der Waals surface area contributed by atoms with Crippen LogP contribution in [-0.2, 0) is 0 Å². The Bertz CT molecular complexity index is 657. The molecule has 0 aromatic rings. The van der Waals surface area contributed by atoms with Crippen LogP contribution in [0.3, 0.4) is 0 Å². The van der Waals surface area contributed by atoms with E-state index in [9.17, 15) is 0 Å². The van der Waals surface area contributed by atoms with Gasteiger partial charge in [-0.05, 0) is 111 Å². The number of nitrogens with two attached hydrogens (primary N) is 2. The maximum atomic E-state index is 6.37. The highest BCUT2D eigenvalue weighted by Crippen LogP contribution is 2.70. The Morgan fingerprint density at radius 3 is 2.53 bits per heavy atom. The van der Waals surface area contributed by atoms with Gasteiger partial charge in [-0.25, -0.2) is 0 Å². The summed E-state index contributed by atoms with van der Waals surface area (Å²) in [5.41, 5.74) is 15.3. The van der Waals surface area contributed by atoms with Crippen LogP contribution in [0.4, 0.5) is 0 Å². The van der Waals surface area contributed by atoms with E-state index in [1.807, 2.05) is 0 Å². The average Bonchev–Trinajstić information content (AvgIpc) is 3.08. The predicted molar refractivity (Wildman–Crippen MR) is 133 cm³/mol. The fraction of sp³-hybridized carbons (Fsp3) is 0.926. The molecule has 0 amide bonds. The molecule has 0 aromatic carbocycles. The molecular formula is C27H48N2S. The van der Waals surface area contributed by atoms with E-state index in [1.54, 1.807) is 5.57 Å². The Kier molecular flexibility index (Phi) is 6.50. The summed E-state index contributed by atoms with van der Waals surface area (Å²) in [6.07, 6.45) is 16.9. The molecular weight excluding hydrogens is 384 g/mol. The van der Waals surface area contributed by atoms with Gasteiger partial charge in [-0.3, -0.25) is 0 Å². The maximum Gasteiger partial charge on any atom is 0.00766 e. The molecule has 9 atom stereocenters. The highest BCUT2D eigenvalue weighted by molar-refractivity contribution is 7.81. The zero-order chi connectivity index (χ0) is 21.7. The van der Waals surface area contributed by atoms with Crippen molar-refractivity contribution in [2.24, 2.45) is 51.4 Å². The van der Waals surface area contributed by atoms with E-state index in [2.05, 4.69) is 33.8 Å². The largest absolute Gasteiger partial charge is 0.330 e. The van der Waals surface area contributed by atoms with Gasteiger partial charge in [0.15, 0.2) is 0 Å². The van der Waals surface area contributed by atoms with Gasteiger partial charge in [0.2, 0.25) is 0 Å². The van der Waals surface area contributed by atoms with E-state index < -0.39 is 0 Å². The second kappa shape index (κ2) is 8.41. The summed E-state index contributed by atoms with van der Waals surface area (Å²) in [6, 6.07) is 0.394. The number of hydrogen-bond donors (Lipinski definition) is 3. The SMILES string of the molecule is CCC(CN)CCC(S)[C@@]1(C)CCC2C1CCC1C3(C)CCC(N)CC3=CCC21C. The lowest BCUT2D eigenvalue weighted by atomic mass is 9.43. The topological polar surface area (TPSA) is 52.0 Å². The first-order chi connectivity index (χ1) is 14.2. The zero-order valence-corrected chi connectivity index (χ0v) is 21.0. The summed E-state index contributed by atoms with van der Waals surface area (Å²) >= 11 is 5.26. The van der Waals surface area contributed by atoms with Crippen molar-refractivity contribution in [1.82, 2.24) is 0 Å². The third kappa shape index (κ3) is 3.54. The molecule has 0 bridgehead atoms. The molecule has 3 heteroatoms. The van der Waals surface area contributed by atoms with Gasteiger partial charge >= 0.3 is 0 Å². The Hall–Kier alpha value is 0.0100. The predicted octanol–water partition coefficient (Wildman–Crippen LogP) is 6.35. The number of thiol groups is 1. The standard InChI is InChI=1S/C27H48N2S/c1-5-18(17-28)6-9-24(30)27(4)15-12-22-21(27)7-8-23-25(2)14-11-20(29)16-19(25)10-13-26(22,23)3/h10,18,20-24,30H,5-9,11-17,28-29H2,1-4H3/t18?,20?,21?,22?,23?,24?,25?,26?,27-/m0/s1. The van der Waals surface area contributed by atoms with E-state index >= 15 is 0 Å². The fourth-order valence-corrected chi connectivity index (χ4v) is 9.32. The van der Waals surface area contributed by atoms with Crippen molar-refractivity contribution in [2.75, 3.05) is 6.54 Å². The molecule has 30 heavy (non-hydrogen) atoms. The van der Waals surface area contributed by atoms with Crippen LogP contribution in [0.1, 0.15) is 98.3 Å². The van der Waals surface area contributed by atoms with Crippen molar-refractivity contribution in [1.29, 1.82) is 0 Å². The fourth-order valence-electron chi connectivity index (χ4n) is 8.85. The monoisotopic (exact) mass is 432 g/mol. The molecule has 0 heterocycles. The third-order valence-electron chi connectivity index (χ3n) is 11.1. The third-order valence-corrected chi connectivity index (χ3v) is 11.9. The normalized spacial score (nSPS) is 47.6. The van der Waals surface area contributed by atoms with Crippen LogP contribution in [0.15, 0.2) is 11.6 Å². The van der Waals surface area contributed by atoms with Crippen molar-refractivity contribution in [3.63, 3.8) is 0 Å². The highest BCUT2D eigenvalue weighted by atomic mass is 32.1. The van der Waals surface area contributed by atoms with Crippen LogP contribution in [0, 0.1) is 39.9 Å². The van der Waals surface area contributed by atoms with E-state index in [0.29, 0.717) is 33.5 Å². The average molecular weight is 433 g/mol. The second-order valence-electron chi connectivity index (χ2n) is 12.4. The van der Waals surface area contributed by atoms with Gasteiger partial charge in [0.25, 0.3) is 0 Å². The van der Waals surface area contributed by atoms with Crippen molar-refractivity contribution in [3.05, 3.63) is 11.6 Å². The van der Waals surface area contributed by atoms with Gasteiger partial charge in [-0.1, -0.05) is 45.8 Å². The Labute approximate surface area is 191 Å². The minimum Gasteiger partial charge on any atom is -0.330 e. The highest BCUT2D eigenvalue weighted by Gasteiger charge is 2.62. The van der Waals surface area contributed by atoms with Crippen LogP contribution in [-0.4, -0.2) is 17.8 Å². The van der Waals surface area contributed by atoms with Gasteiger partial charge in [0.1, 0.15) is 0 Å². The van der Waals surface area contributed by atoms with Gasteiger partial charge in [-0.2, -0.15) is 12.6 Å². The quantitative estimate of drug-likeness (QED) is 0.338. The molecule has 172 valence electrons. The van der Waals surface area contributed by atoms with Crippen LogP contribution >= 0.6 is 12.6 Å². The summed E-state index contributed by atoms with van der Waals surface area (Å²) in [7, 11) is 0. The molecule has 4 aliphatic carbocycles. The molecule has 4 N–H and O–H groups in total. The van der Waals surface area contributed by atoms with Crippen LogP contribution in [0.2, 0.25) is 0 Å². The van der Waals surface area contributed by atoms with Crippen LogP contribution in [0.25, 0.3) is 0 Å². The van der Waals surface area contributed by atoms with Crippen molar-refractivity contribution >= 4 is 12.6 Å². The van der Waals surface area contributed by atoms with Gasteiger partial charge in [-0.15, -0.1) is 0 Å². The summed E-state index contributed by atoms with van der Waals surface area (Å²) in [5, 5.41) is 0.520. The van der Waals surface area contributed by atoms with Gasteiger partial charge < -0.3 is 11.5 Å². The molecule has 0 saturated heterocycles. The Morgan fingerprint density at radius 1 is 1.07 bits per heavy atom. The molecule has 3 fully saturated rings. The minimum absolute atomic E-state index is 0.394. The van der Waals surface area contributed by atoms with Crippen molar-refractivity contribution in [2.45, 2.75) is 110 Å². The molecule has 3 saturated carbocycles. The number of hydrogen-bond acceptors (Lipinski definition) is 3. The molecule has 2 nitrogen and oxygen atoms in total. The first-order valence-electron chi connectivity index (χ1n) is 13.0. The van der Waals surface area contributed by atoms with Gasteiger partial charge in [0.05, 0.1) is 0 Å². The van der Waals surface area contributed by atoms with E-state index in [-0.39, 0.29) is 0 Å². The second-order valence-corrected chi connectivity index (χ2v) is 13.0. The van der Waals surface area contributed by atoms with Gasteiger partial charge in [0, 0.05) is 11.3 Å². The lowest BCUT2D eigenvalue weighted by molar-refractivity contribution is -0.0774. The first-order valence-corrected chi connectivity index (χ1v) is 13.5. The lowest BCUT2D eigenvalue weighted by Gasteiger charge is -2.61. The zero-order valence-electron chi connectivity index (χ0n) is 20.1. The van der Waals surface area contributed by atoms with E-state index in [0.717, 1.165) is 30.7 Å². The summed E-state index contributed by atoms with van der Waals surface area (Å²) in [4.78, 5) is 0. The van der Waals surface area contributed by atoms with E-state index in [4.69, 9.17) is 24.1 Å². The molecule has 0 aromatic heterocycles. The van der Waals surface area contributed by atoms with Crippen LogP contribution < -0.4 is 11.5 Å². The molecule has 4 aliphatic rings. The Morgan fingerprint density at radius 2 is 1.83 bits per heavy atom. The van der Waals surface area contributed by atoms with Crippen LogP contribution in [0.5, 0.6) is 0 Å². The summed E-state index contributed by atoms with van der Waals surface area (Å²) in [6.45, 7) is 11.0. The van der Waals surface area contributed by atoms with Crippen molar-refractivity contribution in [3.8, 4) is 0 Å². The minimum atomic E-state index is 0.394. The lowest BCUT2D eigenvalue weighted by Crippen LogP contribution is -2.54. The number of rotatable bonds is 6. The molecule has 0 radical (unpaired) electrons. The molecule has 0 aliphatic heterocycles. The molecule has 8 unspecified atom stereocenters. The molecule has 4 rings (SSSR count). The van der Waals surface area contributed by atoms with E-state index in [1.165, 1.54) is 64.2 Å². The molecule has 0 spiro atoms. The number of fused-ring (bicyclic) bond motifs is 5. The Balaban J connectivity index is 1.53. The number of allylic oxidation sites excluding steroid dienone is 1. The summed E-state index contributed by atoms with van der Waals surface area (Å²) < 4.78 is 0. The first kappa shape index (κ1) is 23.2. The van der Waals surface area contributed by atoms with Crippen molar-refractivity contribution < 1.29 is 0 Å². The summed E-state index contributed by atoms with van der Waals surface area (Å²) in [5.74, 6) is 3.25.